The van der Waals surface area contributed by atoms with Crippen LogP contribution in [0.1, 0.15) is 37.6 Å². The van der Waals surface area contributed by atoms with E-state index in [1.54, 1.807) is 0 Å². The van der Waals surface area contributed by atoms with E-state index in [4.69, 9.17) is 10.8 Å². The van der Waals surface area contributed by atoms with Gasteiger partial charge in [-0.05, 0) is 31.4 Å². The lowest BCUT2D eigenvalue weighted by molar-refractivity contribution is 0.0692. The summed E-state index contributed by atoms with van der Waals surface area (Å²) < 4.78 is 13.5. The maximum Gasteiger partial charge on any atom is 0.338 e. The highest BCUT2D eigenvalue weighted by Crippen LogP contribution is 2.24. The average molecular weight is 254 g/mol. The number of hydrogen-bond donors (Lipinski definition) is 3. The first-order chi connectivity index (χ1) is 8.31. The lowest BCUT2D eigenvalue weighted by Crippen LogP contribution is -2.19. The third kappa shape index (κ3) is 3.61. The third-order valence-electron chi connectivity index (χ3n) is 2.60. The molecule has 0 aromatic heterocycles. The van der Waals surface area contributed by atoms with E-state index in [0.717, 1.165) is 18.6 Å². The average Bonchev–Trinajstić information content (AvgIpc) is 2.21. The van der Waals surface area contributed by atoms with Crippen LogP contribution < -0.4 is 11.1 Å². The van der Waals surface area contributed by atoms with Crippen LogP contribution in [0.3, 0.4) is 0 Å². The van der Waals surface area contributed by atoms with Crippen LogP contribution in [-0.2, 0) is 0 Å². The Labute approximate surface area is 106 Å². The Morgan fingerprint density at radius 3 is 2.56 bits per heavy atom. The first-order valence-corrected chi connectivity index (χ1v) is 5.90. The Morgan fingerprint density at radius 1 is 1.44 bits per heavy atom. The van der Waals surface area contributed by atoms with Crippen molar-refractivity contribution in [2.24, 2.45) is 5.92 Å². The summed E-state index contributed by atoms with van der Waals surface area (Å²) in [6.07, 6.45) is 0.918. The van der Waals surface area contributed by atoms with Crippen molar-refractivity contribution in [2.75, 3.05) is 11.1 Å². The monoisotopic (exact) mass is 254 g/mol. The van der Waals surface area contributed by atoms with Crippen molar-refractivity contribution in [1.82, 2.24) is 0 Å². The molecule has 0 heterocycles. The molecule has 0 radical (unpaired) electrons. The molecular formula is C13H19FN2O2. The lowest BCUT2D eigenvalue weighted by Gasteiger charge is -2.19. The highest BCUT2D eigenvalue weighted by atomic mass is 19.1. The summed E-state index contributed by atoms with van der Waals surface area (Å²) >= 11 is 0. The number of halogens is 1. The number of nitrogen functional groups attached to an aromatic ring is 1. The van der Waals surface area contributed by atoms with E-state index in [1.807, 2.05) is 6.92 Å². The van der Waals surface area contributed by atoms with Gasteiger partial charge in [-0.3, -0.25) is 0 Å². The second-order valence-corrected chi connectivity index (χ2v) is 4.90. The summed E-state index contributed by atoms with van der Waals surface area (Å²) in [6.45, 7) is 6.16. The fourth-order valence-electron chi connectivity index (χ4n) is 1.91. The van der Waals surface area contributed by atoms with Crippen LogP contribution in [0.2, 0.25) is 0 Å². The quantitative estimate of drug-likeness (QED) is 0.706. The minimum Gasteiger partial charge on any atom is -0.478 e. The van der Waals surface area contributed by atoms with E-state index in [1.165, 1.54) is 0 Å². The molecule has 1 aromatic carbocycles. The highest BCUT2D eigenvalue weighted by molar-refractivity contribution is 5.90. The number of rotatable bonds is 5. The van der Waals surface area contributed by atoms with Crippen LogP contribution in [0, 0.1) is 11.7 Å². The molecule has 0 saturated heterocycles. The molecule has 0 aliphatic rings. The Hall–Kier alpha value is -1.78. The number of carboxylic acids is 1. The molecular weight excluding hydrogens is 235 g/mol. The number of anilines is 2. The zero-order chi connectivity index (χ0) is 13.9. The maximum absolute atomic E-state index is 13.5. The van der Waals surface area contributed by atoms with Crippen LogP contribution in [0.25, 0.3) is 0 Å². The minimum absolute atomic E-state index is 0.141. The van der Waals surface area contributed by atoms with Crippen molar-refractivity contribution in [2.45, 2.75) is 33.2 Å². The van der Waals surface area contributed by atoms with Gasteiger partial charge in [0.25, 0.3) is 0 Å². The molecule has 1 rings (SSSR count). The zero-order valence-corrected chi connectivity index (χ0v) is 10.8. The Balaban J connectivity index is 2.91. The SMILES string of the molecule is CC(C)CC(C)Nc1cc(F)c(C(=O)O)cc1N. The third-order valence-corrected chi connectivity index (χ3v) is 2.60. The Morgan fingerprint density at radius 2 is 2.06 bits per heavy atom. The van der Waals surface area contributed by atoms with E-state index in [9.17, 15) is 9.18 Å². The van der Waals surface area contributed by atoms with Crippen LogP contribution in [0.15, 0.2) is 12.1 Å². The molecule has 1 aromatic rings. The van der Waals surface area contributed by atoms with Gasteiger partial charge in [0.15, 0.2) is 0 Å². The van der Waals surface area contributed by atoms with E-state index in [0.29, 0.717) is 11.6 Å². The number of carboxylic acid groups (broad SMARTS) is 1. The lowest BCUT2D eigenvalue weighted by atomic mass is 10.0. The first kappa shape index (κ1) is 14.3. The molecule has 0 aliphatic carbocycles. The molecule has 0 amide bonds. The van der Waals surface area contributed by atoms with Gasteiger partial charge in [0.1, 0.15) is 5.82 Å². The molecule has 1 unspecified atom stereocenters. The van der Waals surface area contributed by atoms with Crippen LogP contribution in [0.5, 0.6) is 0 Å². The van der Waals surface area contributed by atoms with Crippen LogP contribution in [0.4, 0.5) is 15.8 Å². The van der Waals surface area contributed by atoms with Gasteiger partial charge in [-0.15, -0.1) is 0 Å². The normalized spacial score (nSPS) is 12.5. The summed E-state index contributed by atoms with van der Waals surface area (Å²) in [5.74, 6) is -1.59. The molecule has 5 heteroatoms. The summed E-state index contributed by atoms with van der Waals surface area (Å²) in [6, 6.07) is 2.42. The number of carbonyl (C=O) groups is 1. The second kappa shape index (κ2) is 5.71. The van der Waals surface area contributed by atoms with Gasteiger partial charge in [-0.2, -0.15) is 0 Å². The predicted molar refractivity (Wildman–Crippen MR) is 70.3 cm³/mol. The molecule has 100 valence electrons. The van der Waals surface area contributed by atoms with E-state index >= 15 is 0 Å². The largest absolute Gasteiger partial charge is 0.478 e. The van der Waals surface area contributed by atoms with Crippen molar-refractivity contribution >= 4 is 17.3 Å². The number of nitrogens with two attached hydrogens (primary N) is 1. The van der Waals surface area contributed by atoms with Crippen LogP contribution in [-0.4, -0.2) is 17.1 Å². The van der Waals surface area contributed by atoms with Gasteiger partial charge >= 0.3 is 5.97 Å². The van der Waals surface area contributed by atoms with Crippen molar-refractivity contribution in [3.8, 4) is 0 Å². The number of benzene rings is 1. The van der Waals surface area contributed by atoms with Crippen LogP contribution >= 0.6 is 0 Å². The van der Waals surface area contributed by atoms with E-state index in [-0.39, 0.29) is 11.7 Å². The summed E-state index contributed by atoms with van der Waals surface area (Å²) in [4.78, 5) is 10.7. The molecule has 0 aliphatic heterocycles. The van der Waals surface area contributed by atoms with Gasteiger partial charge in [0.2, 0.25) is 0 Å². The smallest absolute Gasteiger partial charge is 0.338 e. The maximum atomic E-state index is 13.5. The molecule has 4 N–H and O–H groups in total. The van der Waals surface area contributed by atoms with Gasteiger partial charge in [0.05, 0.1) is 16.9 Å². The van der Waals surface area contributed by atoms with Crippen molar-refractivity contribution < 1.29 is 14.3 Å². The van der Waals surface area contributed by atoms with Crippen molar-refractivity contribution in [1.29, 1.82) is 0 Å². The number of hydrogen-bond acceptors (Lipinski definition) is 3. The van der Waals surface area contributed by atoms with Crippen molar-refractivity contribution in [3.63, 3.8) is 0 Å². The fraction of sp³-hybridized carbons (Fsp3) is 0.462. The molecule has 18 heavy (non-hydrogen) atoms. The number of aromatic carboxylic acids is 1. The molecule has 0 spiro atoms. The summed E-state index contributed by atoms with van der Waals surface area (Å²) in [5.41, 5.74) is 5.98. The molecule has 4 nitrogen and oxygen atoms in total. The Kier molecular flexibility index (Phi) is 4.53. The zero-order valence-electron chi connectivity index (χ0n) is 10.8. The second-order valence-electron chi connectivity index (χ2n) is 4.90. The number of nitrogens with one attached hydrogen (secondary N) is 1. The highest BCUT2D eigenvalue weighted by Gasteiger charge is 2.15. The van der Waals surface area contributed by atoms with Gasteiger partial charge in [-0.1, -0.05) is 13.8 Å². The van der Waals surface area contributed by atoms with E-state index < -0.39 is 17.3 Å². The van der Waals surface area contributed by atoms with Crippen molar-refractivity contribution in [3.05, 3.63) is 23.5 Å². The van der Waals surface area contributed by atoms with Gasteiger partial charge in [-0.25, -0.2) is 9.18 Å². The summed E-state index contributed by atoms with van der Waals surface area (Å²) in [5, 5.41) is 11.9. The predicted octanol–water partition coefficient (Wildman–Crippen LogP) is 2.95. The summed E-state index contributed by atoms with van der Waals surface area (Å²) in [7, 11) is 0. The minimum atomic E-state index is -1.32. The standard InChI is InChI=1S/C13H19FN2O2/c1-7(2)4-8(3)16-12-6-10(14)9(13(17)18)5-11(12)15/h5-8,16H,4,15H2,1-3H3,(H,17,18). The molecule has 1 atom stereocenters. The molecule has 0 bridgehead atoms. The topological polar surface area (TPSA) is 75.3 Å². The first-order valence-electron chi connectivity index (χ1n) is 5.90. The van der Waals surface area contributed by atoms with Gasteiger partial charge in [0, 0.05) is 6.04 Å². The Bertz CT molecular complexity index is 447. The van der Waals surface area contributed by atoms with Gasteiger partial charge < -0.3 is 16.2 Å². The molecule has 0 fully saturated rings. The van der Waals surface area contributed by atoms with E-state index in [2.05, 4.69) is 19.2 Å². The fourth-order valence-corrected chi connectivity index (χ4v) is 1.91. The molecule has 0 saturated carbocycles.